The number of thiophene rings is 1. The Kier molecular flexibility index (Phi) is 4.48. The number of halogens is 5. The molecule has 1 heterocycles. The van der Waals surface area contributed by atoms with Crippen LogP contribution in [0.25, 0.3) is 0 Å². The second kappa shape index (κ2) is 5.98. The van der Waals surface area contributed by atoms with Gasteiger partial charge >= 0.3 is 0 Å². The zero-order valence-corrected chi connectivity index (χ0v) is 11.5. The highest BCUT2D eigenvalue weighted by Gasteiger charge is 2.30. The lowest BCUT2D eigenvalue weighted by Crippen LogP contribution is -2.29. The van der Waals surface area contributed by atoms with E-state index in [-0.39, 0.29) is 0 Å². The second-order valence-electron chi connectivity index (χ2n) is 4.31. The van der Waals surface area contributed by atoms with Gasteiger partial charge in [0, 0.05) is 10.9 Å². The van der Waals surface area contributed by atoms with Crippen LogP contribution in [0.2, 0.25) is 0 Å². The average molecular weight is 323 g/mol. The molecular formula is C13H10F5NOS. The molecule has 8 heteroatoms. The normalized spacial score (nSPS) is 14.0. The summed E-state index contributed by atoms with van der Waals surface area (Å²) in [4.78, 5) is 0.508. The molecule has 21 heavy (non-hydrogen) atoms. The molecule has 0 spiro atoms. The van der Waals surface area contributed by atoms with E-state index in [9.17, 15) is 22.0 Å². The Morgan fingerprint density at radius 3 is 1.95 bits per heavy atom. The molecule has 0 fully saturated rings. The van der Waals surface area contributed by atoms with Crippen molar-refractivity contribution < 1.29 is 26.7 Å². The van der Waals surface area contributed by atoms with Gasteiger partial charge in [-0.2, -0.15) is 8.78 Å². The highest BCUT2D eigenvalue weighted by molar-refractivity contribution is 7.10. The molecule has 1 aromatic carbocycles. The summed E-state index contributed by atoms with van der Waals surface area (Å²) in [5.41, 5.74) is 5.66. The van der Waals surface area contributed by atoms with Crippen molar-refractivity contribution in [3.05, 3.63) is 51.5 Å². The fourth-order valence-corrected chi connectivity index (χ4v) is 2.56. The van der Waals surface area contributed by atoms with E-state index in [2.05, 4.69) is 0 Å². The van der Waals surface area contributed by atoms with Crippen LogP contribution >= 0.6 is 11.3 Å². The van der Waals surface area contributed by atoms with Crippen LogP contribution in [-0.2, 0) is 0 Å². The summed E-state index contributed by atoms with van der Waals surface area (Å²) < 4.78 is 71.4. The Labute approximate surface area is 121 Å². The van der Waals surface area contributed by atoms with Crippen molar-refractivity contribution in [3.8, 4) is 5.75 Å². The van der Waals surface area contributed by atoms with Crippen LogP contribution in [0.15, 0.2) is 17.5 Å². The maximum atomic E-state index is 13.6. The molecule has 0 aliphatic heterocycles. The molecule has 0 radical (unpaired) electrons. The summed E-state index contributed by atoms with van der Waals surface area (Å²) >= 11 is 1.19. The predicted molar refractivity (Wildman–Crippen MR) is 67.6 cm³/mol. The van der Waals surface area contributed by atoms with Gasteiger partial charge in [-0.05, 0) is 18.4 Å². The van der Waals surface area contributed by atoms with E-state index >= 15 is 0 Å². The van der Waals surface area contributed by atoms with E-state index in [0.29, 0.717) is 4.88 Å². The van der Waals surface area contributed by atoms with Crippen molar-refractivity contribution in [1.82, 2.24) is 0 Å². The van der Waals surface area contributed by atoms with Gasteiger partial charge in [0.05, 0.1) is 0 Å². The van der Waals surface area contributed by atoms with Crippen molar-refractivity contribution in [2.75, 3.05) is 0 Å². The third kappa shape index (κ3) is 2.86. The molecule has 2 N–H and O–H groups in total. The third-order valence-electron chi connectivity index (χ3n) is 2.72. The van der Waals surface area contributed by atoms with Gasteiger partial charge in [-0.25, -0.2) is 13.2 Å². The first-order valence-corrected chi connectivity index (χ1v) is 6.69. The summed E-state index contributed by atoms with van der Waals surface area (Å²) in [7, 11) is 0. The summed E-state index contributed by atoms with van der Waals surface area (Å²) in [5.74, 6) is -11.7. The number of nitrogens with two attached hydrogens (primary N) is 1. The molecule has 0 saturated carbocycles. The first-order chi connectivity index (χ1) is 9.84. The van der Waals surface area contributed by atoms with Gasteiger partial charge in [-0.15, -0.1) is 11.3 Å². The number of rotatable bonds is 4. The average Bonchev–Trinajstić information content (AvgIpc) is 2.96. The Balaban J connectivity index is 2.47. The minimum atomic E-state index is -2.23. The van der Waals surface area contributed by atoms with Gasteiger partial charge in [0.25, 0.3) is 0 Å². The molecule has 114 valence electrons. The van der Waals surface area contributed by atoms with E-state index in [1.54, 1.807) is 17.5 Å². The summed E-state index contributed by atoms with van der Waals surface area (Å²) in [6.45, 7) is 1.50. The first kappa shape index (κ1) is 15.7. The highest BCUT2D eigenvalue weighted by atomic mass is 32.1. The van der Waals surface area contributed by atoms with Crippen LogP contribution in [-0.4, -0.2) is 6.04 Å². The van der Waals surface area contributed by atoms with Gasteiger partial charge < -0.3 is 10.5 Å². The Morgan fingerprint density at radius 1 is 1.00 bits per heavy atom. The molecule has 2 aromatic rings. The minimum absolute atomic E-state index is 0.508. The lowest BCUT2D eigenvalue weighted by Gasteiger charge is -2.22. The summed E-state index contributed by atoms with van der Waals surface area (Å²) in [5, 5.41) is 1.67. The third-order valence-corrected chi connectivity index (χ3v) is 3.65. The number of hydrogen-bond acceptors (Lipinski definition) is 3. The lowest BCUT2D eigenvalue weighted by atomic mass is 10.1. The largest absolute Gasteiger partial charge is 0.477 e. The van der Waals surface area contributed by atoms with Gasteiger partial charge in [-0.3, -0.25) is 0 Å². The van der Waals surface area contributed by atoms with Crippen molar-refractivity contribution in [3.63, 3.8) is 0 Å². The zero-order valence-electron chi connectivity index (χ0n) is 10.7. The molecule has 2 atom stereocenters. The quantitative estimate of drug-likeness (QED) is 0.526. The maximum absolute atomic E-state index is 13.6. The topological polar surface area (TPSA) is 35.2 Å². The predicted octanol–water partition coefficient (Wildman–Crippen LogP) is 3.91. The number of hydrogen-bond donors (Lipinski definition) is 1. The Hall–Kier alpha value is -1.67. The second-order valence-corrected chi connectivity index (χ2v) is 5.29. The molecule has 0 amide bonds. The minimum Gasteiger partial charge on any atom is -0.477 e. The molecule has 0 saturated heterocycles. The molecule has 2 nitrogen and oxygen atoms in total. The molecule has 0 aliphatic rings. The molecule has 0 bridgehead atoms. The van der Waals surface area contributed by atoms with Crippen LogP contribution in [0.4, 0.5) is 22.0 Å². The standard InChI is InChI=1S/C13H10F5NOS/c1-5(19)12(6-3-2-4-21-6)20-13-10(17)8(15)7(14)9(16)11(13)18/h2-5,12H,19H2,1H3. The van der Waals surface area contributed by atoms with Gasteiger partial charge in [-0.1, -0.05) is 6.07 Å². The first-order valence-electron chi connectivity index (χ1n) is 5.81. The van der Waals surface area contributed by atoms with Gasteiger partial charge in [0.15, 0.2) is 5.75 Å². The van der Waals surface area contributed by atoms with Gasteiger partial charge in [0.1, 0.15) is 6.10 Å². The monoisotopic (exact) mass is 323 g/mol. The summed E-state index contributed by atoms with van der Waals surface area (Å²) in [6.07, 6.45) is -1.03. The Bertz CT molecular complexity index is 616. The number of benzene rings is 1. The van der Waals surface area contributed by atoms with Crippen LogP contribution in [0, 0.1) is 29.1 Å². The highest BCUT2D eigenvalue weighted by Crippen LogP contribution is 2.34. The lowest BCUT2D eigenvalue weighted by molar-refractivity contribution is 0.161. The van der Waals surface area contributed by atoms with E-state index < -0.39 is 47.0 Å². The van der Waals surface area contributed by atoms with Crippen molar-refractivity contribution in [1.29, 1.82) is 0 Å². The van der Waals surface area contributed by atoms with Crippen LogP contribution < -0.4 is 10.5 Å². The fraction of sp³-hybridized carbons (Fsp3) is 0.231. The fourth-order valence-electron chi connectivity index (χ4n) is 1.69. The number of ether oxygens (including phenoxy) is 1. The smallest absolute Gasteiger partial charge is 0.207 e. The maximum Gasteiger partial charge on any atom is 0.207 e. The van der Waals surface area contributed by atoms with Crippen LogP contribution in [0.1, 0.15) is 17.9 Å². The molecule has 2 rings (SSSR count). The Morgan fingerprint density at radius 2 is 1.52 bits per heavy atom. The summed E-state index contributed by atoms with van der Waals surface area (Å²) in [6, 6.07) is 2.51. The molecule has 2 unspecified atom stereocenters. The van der Waals surface area contributed by atoms with Crippen LogP contribution in [0.5, 0.6) is 5.75 Å². The molecule has 0 aliphatic carbocycles. The molecular weight excluding hydrogens is 313 g/mol. The molecule has 1 aromatic heterocycles. The zero-order chi connectivity index (χ0) is 15.7. The van der Waals surface area contributed by atoms with E-state index in [1.165, 1.54) is 18.3 Å². The van der Waals surface area contributed by atoms with E-state index in [4.69, 9.17) is 10.5 Å². The van der Waals surface area contributed by atoms with Crippen molar-refractivity contribution in [2.45, 2.75) is 19.1 Å². The van der Waals surface area contributed by atoms with E-state index in [1.807, 2.05) is 0 Å². The van der Waals surface area contributed by atoms with Crippen molar-refractivity contribution in [2.24, 2.45) is 5.73 Å². The van der Waals surface area contributed by atoms with Gasteiger partial charge in [0.2, 0.25) is 29.1 Å². The van der Waals surface area contributed by atoms with Crippen LogP contribution in [0.3, 0.4) is 0 Å². The van der Waals surface area contributed by atoms with Crippen molar-refractivity contribution >= 4 is 11.3 Å². The van der Waals surface area contributed by atoms with E-state index in [0.717, 1.165) is 0 Å². The SMILES string of the molecule is CC(N)C(Oc1c(F)c(F)c(F)c(F)c1F)c1cccs1.